The van der Waals surface area contributed by atoms with Gasteiger partial charge in [-0.25, -0.2) is 4.39 Å². The Morgan fingerprint density at radius 1 is 1.43 bits per heavy atom. The Labute approximate surface area is 119 Å². The number of nitro benzene ring substituents is 1. The molecule has 1 aromatic heterocycles. The number of nitro groups is 1. The monoisotopic (exact) mass is 292 g/mol. The number of amides is 1. The van der Waals surface area contributed by atoms with Crippen LogP contribution in [0.1, 0.15) is 21.7 Å². The van der Waals surface area contributed by atoms with Crippen LogP contribution >= 0.6 is 0 Å². The molecular formula is C13H13FN4O3. The van der Waals surface area contributed by atoms with E-state index in [9.17, 15) is 19.3 Å². The molecule has 0 aliphatic carbocycles. The molecule has 2 aromatic rings. The summed E-state index contributed by atoms with van der Waals surface area (Å²) in [4.78, 5) is 22.4. The molecule has 0 spiro atoms. The van der Waals surface area contributed by atoms with Crippen LogP contribution in [0.15, 0.2) is 18.2 Å². The summed E-state index contributed by atoms with van der Waals surface area (Å²) < 4.78 is 14.8. The first kappa shape index (κ1) is 14.6. The van der Waals surface area contributed by atoms with E-state index >= 15 is 0 Å². The summed E-state index contributed by atoms with van der Waals surface area (Å²) in [5, 5.41) is 17.6. The molecule has 0 radical (unpaired) electrons. The lowest BCUT2D eigenvalue weighted by atomic mass is 10.1. The van der Waals surface area contributed by atoms with Gasteiger partial charge in [0.1, 0.15) is 11.4 Å². The highest BCUT2D eigenvalue weighted by atomic mass is 19.1. The van der Waals surface area contributed by atoms with E-state index in [4.69, 9.17) is 0 Å². The molecule has 0 fully saturated rings. The third-order valence-corrected chi connectivity index (χ3v) is 3.15. The molecule has 0 unspecified atom stereocenters. The summed E-state index contributed by atoms with van der Waals surface area (Å²) in [6.07, 6.45) is 0. The van der Waals surface area contributed by atoms with E-state index in [0.29, 0.717) is 17.1 Å². The summed E-state index contributed by atoms with van der Waals surface area (Å²) in [5.41, 5.74) is 0.944. The van der Waals surface area contributed by atoms with Crippen molar-refractivity contribution in [2.45, 2.75) is 13.8 Å². The molecule has 7 nitrogen and oxygen atoms in total. The van der Waals surface area contributed by atoms with E-state index in [1.54, 1.807) is 25.6 Å². The summed E-state index contributed by atoms with van der Waals surface area (Å²) in [7, 11) is 1.71. The van der Waals surface area contributed by atoms with E-state index in [1.807, 2.05) is 0 Å². The smallest absolute Gasteiger partial charge is 0.282 e. The molecule has 1 N–H and O–H groups in total. The number of halogens is 1. The Morgan fingerprint density at radius 3 is 2.62 bits per heavy atom. The van der Waals surface area contributed by atoms with Gasteiger partial charge < -0.3 is 5.32 Å². The van der Waals surface area contributed by atoms with Crippen LogP contribution in [0.2, 0.25) is 0 Å². The van der Waals surface area contributed by atoms with Crippen LogP contribution in [-0.4, -0.2) is 20.6 Å². The Bertz CT molecular complexity index is 739. The number of hydrogen-bond acceptors (Lipinski definition) is 4. The molecule has 0 atom stereocenters. The molecule has 1 heterocycles. The summed E-state index contributed by atoms with van der Waals surface area (Å²) in [6, 6.07) is 2.75. The predicted octanol–water partition coefficient (Wildman–Crippen LogP) is 2.34. The van der Waals surface area contributed by atoms with Gasteiger partial charge >= 0.3 is 0 Å². The number of aryl methyl sites for hydroxylation is 2. The lowest BCUT2D eigenvalue weighted by Gasteiger charge is -2.06. The molecule has 0 aliphatic rings. The fraction of sp³-hybridized carbons (Fsp3) is 0.231. The van der Waals surface area contributed by atoms with Gasteiger partial charge in [0.2, 0.25) is 0 Å². The minimum Gasteiger partial charge on any atom is -0.319 e. The van der Waals surface area contributed by atoms with E-state index < -0.39 is 22.3 Å². The van der Waals surface area contributed by atoms with Crippen LogP contribution in [0.5, 0.6) is 0 Å². The summed E-state index contributed by atoms with van der Waals surface area (Å²) in [6.45, 7) is 3.44. The highest BCUT2D eigenvalue weighted by Crippen LogP contribution is 2.23. The van der Waals surface area contributed by atoms with E-state index in [-0.39, 0.29) is 5.56 Å². The lowest BCUT2D eigenvalue weighted by molar-refractivity contribution is -0.385. The Kier molecular flexibility index (Phi) is 3.70. The van der Waals surface area contributed by atoms with Crippen molar-refractivity contribution in [1.82, 2.24) is 9.78 Å². The van der Waals surface area contributed by atoms with E-state index in [1.165, 1.54) is 0 Å². The van der Waals surface area contributed by atoms with Gasteiger partial charge in [-0.3, -0.25) is 19.6 Å². The van der Waals surface area contributed by atoms with Gasteiger partial charge in [-0.15, -0.1) is 0 Å². The molecule has 21 heavy (non-hydrogen) atoms. The van der Waals surface area contributed by atoms with Crippen molar-refractivity contribution < 1.29 is 14.1 Å². The Balaban J connectivity index is 2.41. The first-order chi connectivity index (χ1) is 9.81. The number of anilines is 1. The molecular weight excluding hydrogens is 279 g/mol. The SMILES string of the molecule is Cc1nn(C)c(C)c1NC(=O)c1cc(F)ccc1[N+](=O)[O-]. The van der Waals surface area contributed by atoms with Gasteiger partial charge in [-0.2, -0.15) is 5.10 Å². The minimum atomic E-state index is -0.750. The van der Waals surface area contributed by atoms with Gasteiger partial charge in [0.15, 0.2) is 0 Å². The van der Waals surface area contributed by atoms with Crippen molar-refractivity contribution in [3.63, 3.8) is 0 Å². The zero-order chi connectivity index (χ0) is 15.7. The highest BCUT2D eigenvalue weighted by molar-refractivity contribution is 6.07. The zero-order valence-electron chi connectivity index (χ0n) is 11.7. The second-order valence-electron chi connectivity index (χ2n) is 4.54. The van der Waals surface area contributed by atoms with Crippen LogP contribution in [0.3, 0.4) is 0 Å². The zero-order valence-corrected chi connectivity index (χ0v) is 11.7. The number of rotatable bonds is 3. The maximum atomic E-state index is 13.3. The number of benzene rings is 1. The molecule has 8 heteroatoms. The summed E-state index contributed by atoms with van der Waals surface area (Å²) in [5.74, 6) is -1.47. The molecule has 110 valence electrons. The number of carbonyl (C=O) groups excluding carboxylic acids is 1. The molecule has 0 saturated heterocycles. The van der Waals surface area contributed by atoms with Gasteiger partial charge in [0.05, 0.1) is 22.0 Å². The quantitative estimate of drug-likeness (QED) is 0.694. The minimum absolute atomic E-state index is 0.331. The maximum Gasteiger partial charge on any atom is 0.282 e. The lowest BCUT2D eigenvalue weighted by Crippen LogP contribution is -2.15. The normalized spacial score (nSPS) is 10.5. The molecule has 0 aliphatic heterocycles. The van der Waals surface area contributed by atoms with Gasteiger partial charge in [-0.05, 0) is 26.0 Å². The van der Waals surface area contributed by atoms with Crippen molar-refractivity contribution in [3.05, 3.63) is 51.1 Å². The number of hydrogen-bond donors (Lipinski definition) is 1. The van der Waals surface area contributed by atoms with Crippen LogP contribution in [0, 0.1) is 29.8 Å². The van der Waals surface area contributed by atoms with E-state index in [0.717, 1.165) is 18.2 Å². The van der Waals surface area contributed by atoms with Crippen molar-refractivity contribution in [1.29, 1.82) is 0 Å². The van der Waals surface area contributed by atoms with Gasteiger partial charge in [0, 0.05) is 13.1 Å². The second-order valence-corrected chi connectivity index (χ2v) is 4.54. The molecule has 1 aromatic carbocycles. The predicted molar refractivity (Wildman–Crippen MR) is 73.7 cm³/mol. The van der Waals surface area contributed by atoms with E-state index in [2.05, 4.69) is 10.4 Å². The van der Waals surface area contributed by atoms with Crippen molar-refractivity contribution >= 4 is 17.3 Å². The van der Waals surface area contributed by atoms with Crippen LogP contribution < -0.4 is 5.32 Å². The fourth-order valence-corrected chi connectivity index (χ4v) is 1.98. The first-order valence-electron chi connectivity index (χ1n) is 6.06. The van der Waals surface area contributed by atoms with Crippen molar-refractivity contribution in [2.75, 3.05) is 5.32 Å². The number of nitrogens with one attached hydrogen (secondary N) is 1. The largest absolute Gasteiger partial charge is 0.319 e. The standard InChI is InChI=1S/C13H13FN4O3/c1-7-12(8(2)17(3)16-7)15-13(19)10-6-9(14)4-5-11(10)18(20)21/h4-6H,1-3H3,(H,15,19). The Hall–Kier alpha value is -2.77. The average molecular weight is 292 g/mol. The van der Waals surface area contributed by atoms with Crippen molar-refractivity contribution in [2.24, 2.45) is 7.05 Å². The van der Waals surface area contributed by atoms with Crippen LogP contribution in [0.25, 0.3) is 0 Å². The second kappa shape index (κ2) is 5.31. The third kappa shape index (κ3) is 2.73. The molecule has 0 saturated carbocycles. The van der Waals surface area contributed by atoms with Crippen molar-refractivity contribution in [3.8, 4) is 0 Å². The Morgan fingerprint density at radius 2 is 2.10 bits per heavy atom. The first-order valence-corrected chi connectivity index (χ1v) is 6.06. The molecule has 1 amide bonds. The van der Waals surface area contributed by atoms with Gasteiger partial charge in [0.25, 0.3) is 11.6 Å². The molecule has 2 rings (SSSR count). The number of carbonyl (C=O) groups is 1. The van der Waals surface area contributed by atoms with Crippen LogP contribution in [0.4, 0.5) is 15.8 Å². The number of nitrogens with zero attached hydrogens (tertiary/aromatic N) is 3. The maximum absolute atomic E-state index is 13.3. The number of aromatic nitrogens is 2. The average Bonchev–Trinajstić information content (AvgIpc) is 2.64. The van der Waals surface area contributed by atoms with Gasteiger partial charge in [-0.1, -0.05) is 0 Å². The fourth-order valence-electron chi connectivity index (χ4n) is 1.98. The third-order valence-electron chi connectivity index (χ3n) is 3.15. The molecule has 0 bridgehead atoms. The highest BCUT2D eigenvalue weighted by Gasteiger charge is 2.22. The topological polar surface area (TPSA) is 90.1 Å². The summed E-state index contributed by atoms with van der Waals surface area (Å²) >= 11 is 0. The van der Waals surface area contributed by atoms with Crippen LogP contribution in [-0.2, 0) is 7.05 Å².